The lowest BCUT2D eigenvalue weighted by Crippen LogP contribution is -2.13. The molecule has 1 N–H and O–H groups in total. The first-order valence-electron chi connectivity index (χ1n) is 4.63. The molecule has 0 aliphatic carbocycles. The highest BCUT2D eigenvalue weighted by atomic mass is 35.5. The number of nitrogens with zero attached hydrogens (tertiary/aromatic N) is 1. The van der Waals surface area contributed by atoms with E-state index in [4.69, 9.17) is 11.6 Å². The molecule has 0 saturated carbocycles. The zero-order valence-corrected chi connectivity index (χ0v) is 10.8. The van der Waals surface area contributed by atoms with Crippen LogP contribution in [0.25, 0.3) is 0 Å². The number of hydrogen-bond acceptors (Lipinski definition) is 4. The molecule has 0 unspecified atom stereocenters. The largest absolute Gasteiger partial charge is 0.333 e. The minimum Gasteiger partial charge on any atom is -0.333 e. The number of fused-ring (bicyclic) bond motifs is 1. The van der Waals surface area contributed by atoms with Crippen LogP contribution in [0.3, 0.4) is 0 Å². The van der Waals surface area contributed by atoms with Crippen molar-refractivity contribution in [2.75, 3.05) is 5.32 Å². The predicted molar refractivity (Wildman–Crippen MR) is 71.1 cm³/mol. The van der Waals surface area contributed by atoms with Crippen molar-refractivity contribution in [2.45, 2.75) is 24.0 Å². The Morgan fingerprint density at radius 3 is 3.00 bits per heavy atom. The van der Waals surface area contributed by atoms with E-state index in [9.17, 15) is 0 Å². The van der Waals surface area contributed by atoms with Gasteiger partial charge in [0.2, 0.25) is 0 Å². The smallest absolute Gasteiger partial charge is 0.173 e. The first-order chi connectivity index (χ1) is 7.15. The Kier molecular flexibility index (Phi) is 3.49. The van der Waals surface area contributed by atoms with E-state index in [1.54, 1.807) is 11.8 Å². The van der Waals surface area contributed by atoms with Gasteiger partial charge in [0.1, 0.15) is 0 Å². The normalized spacial score (nSPS) is 14.5. The number of thioether (sulfide) groups is 1. The summed E-state index contributed by atoms with van der Waals surface area (Å²) in [5, 5.41) is 5.50. The number of benzene rings is 1. The third kappa shape index (κ3) is 2.83. The van der Waals surface area contributed by atoms with E-state index >= 15 is 0 Å². The Balaban J connectivity index is 2.17. The molecular formula is C10H11ClN2S2. The van der Waals surface area contributed by atoms with Crippen LogP contribution in [0.5, 0.6) is 0 Å². The van der Waals surface area contributed by atoms with E-state index < -0.39 is 0 Å². The Morgan fingerprint density at radius 2 is 2.27 bits per heavy atom. The molecule has 0 atom stereocenters. The Bertz CT molecular complexity index is 404. The van der Waals surface area contributed by atoms with Crippen molar-refractivity contribution in [1.82, 2.24) is 0 Å². The highest BCUT2D eigenvalue weighted by Crippen LogP contribution is 2.36. The molecule has 1 aliphatic rings. The molecule has 2 rings (SSSR count). The quantitative estimate of drug-likeness (QED) is 0.762. The van der Waals surface area contributed by atoms with E-state index in [2.05, 4.69) is 23.6 Å². The fraction of sp³-hybridized carbons (Fsp3) is 0.300. The first kappa shape index (κ1) is 11.2. The maximum atomic E-state index is 5.93. The molecule has 0 bridgehead atoms. The van der Waals surface area contributed by atoms with Crippen LogP contribution >= 0.6 is 35.3 Å². The van der Waals surface area contributed by atoms with Crippen LogP contribution in [0.4, 0.5) is 5.69 Å². The van der Waals surface area contributed by atoms with Crippen LogP contribution in [0.2, 0.25) is 5.02 Å². The zero-order valence-electron chi connectivity index (χ0n) is 8.45. The Morgan fingerprint density at radius 1 is 1.47 bits per heavy atom. The van der Waals surface area contributed by atoms with Crippen molar-refractivity contribution >= 4 is 46.2 Å². The SMILES string of the molecule is CC(C)SC1=NSc2ccc(Cl)cc2N1. The second-order valence-electron chi connectivity index (χ2n) is 3.42. The minimum atomic E-state index is 0.526. The van der Waals surface area contributed by atoms with Gasteiger partial charge in [-0.25, -0.2) is 0 Å². The number of amidine groups is 1. The summed E-state index contributed by atoms with van der Waals surface area (Å²) in [6, 6.07) is 5.79. The van der Waals surface area contributed by atoms with Crippen LogP contribution in [-0.4, -0.2) is 10.4 Å². The van der Waals surface area contributed by atoms with Crippen LogP contribution in [0, 0.1) is 0 Å². The predicted octanol–water partition coefficient (Wildman–Crippen LogP) is 4.27. The van der Waals surface area contributed by atoms with Crippen molar-refractivity contribution in [3.63, 3.8) is 0 Å². The van der Waals surface area contributed by atoms with Gasteiger partial charge in [0, 0.05) is 22.2 Å². The highest BCUT2D eigenvalue weighted by molar-refractivity contribution is 8.15. The van der Waals surface area contributed by atoms with Gasteiger partial charge < -0.3 is 5.32 Å². The summed E-state index contributed by atoms with van der Waals surface area (Å²) in [6.07, 6.45) is 0. The monoisotopic (exact) mass is 258 g/mol. The second-order valence-corrected chi connectivity index (χ2v) is 6.23. The van der Waals surface area contributed by atoms with E-state index in [-0.39, 0.29) is 0 Å². The molecule has 0 radical (unpaired) electrons. The summed E-state index contributed by atoms with van der Waals surface area (Å²) in [7, 11) is 0. The molecule has 1 heterocycles. The van der Waals surface area contributed by atoms with Gasteiger partial charge in [-0.15, -0.1) is 0 Å². The average molecular weight is 259 g/mol. The zero-order chi connectivity index (χ0) is 10.8. The standard InChI is InChI=1S/C10H11ClN2S2/c1-6(2)14-10-12-8-5-7(11)3-4-9(8)15-13-10/h3-6H,1-2H3,(H,12,13). The number of halogens is 1. The molecule has 0 spiro atoms. The maximum Gasteiger partial charge on any atom is 0.173 e. The molecule has 5 heteroatoms. The molecule has 1 aromatic carbocycles. The number of nitrogens with one attached hydrogen (secondary N) is 1. The Labute approximate surface area is 103 Å². The molecule has 15 heavy (non-hydrogen) atoms. The van der Waals surface area contributed by atoms with Crippen LogP contribution in [0.1, 0.15) is 13.8 Å². The van der Waals surface area contributed by atoms with E-state index in [1.807, 2.05) is 18.2 Å². The maximum absolute atomic E-state index is 5.93. The van der Waals surface area contributed by atoms with E-state index in [0.29, 0.717) is 5.25 Å². The van der Waals surface area contributed by atoms with Gasteiger partial charge in [-0.2, -0.15) is 4.40 Å². The number of hydrogen-bond donors (Lipinski definition) is 1. The third-order valence-electron chi connectivity index (χ3n) is 1.76. The number of rotatable bonds is 1. The summed E-state index contributed by atoms with van der Waals surface area (Å²) < 4.78 is 4.38. The Hall–Kier alpha value is -0.320. The minimum absolute atomic E-state index is 0.526. The lowest BCUT2D eigenvalue weighted by molar-refractivity contribution is 1.12. The van der Waals surface area contributed by atoms with Gasteiger partial charge in [0.15, 0.2) is 5.17 Å². The van der Waals surface area contributed by atoms with Crippen LogP contribution in [0.15, 0.2) is 27.5 Å². The average Bonchev–Trinajstić information content (AvgIpc) is 2.16. The highest BCUT2D eigenvalue weighted by Gasteiger charge is 2.14. The van der Waals surface area contributed by atoms with Gasteiger partial charge >= 0.3 is 0 Å². The van der Waals surface area contributed by atoms with Crippen LogP contribution in [-0.2, 0) is 0 Å². The van der Waals surface area contributed by atoms with E-state index in [1.165, 1.54) is 11.9 Å². The van der Waals surface area contributed by atoms with Gasteiger partial charge in [-0.05, 0) is 18.2 Å². The summed E-state index contributed by atoms with van der Waals surface area (Å²) in [4.78, 5) is 1.12. The van der Waals surface area contributed by atoms with Crippen molar-refractivity contribution in [3.8, 4) is 0 Å². The van der Waals surface area contributed by atoms with Gasteiger partial charge in [-0.1, -0.05) is 37.2 Å². The molecule has 1 aromatic rings. The molecule has 0 saturated heterocycles. The molecule has 0 aromatic heterocycles. The van der Waals surface area contributed by atoms with Crippen molar-refractivity contribution in [3.05, 3.63) is 23.2 Å². The summed E-state index contributed by atoms with van der Waals surface area (Å²) >= 11 is 9.15. The summed E-state index contributed by atoms with van der Waals surface area (Å²) in [6.45, 7) is 4.29. The molecule has 0 fully saturated rings. The second kappa shape index (κ2) is 4.68. The fourth-order valence-electron chi connectivity index (χ4n) is 1.18. The van der Waals surface area contributed by atoms with Crippen molar-refractivity contribution in [1.29, 1.82) is 0 Å². The third-order valence-corrected chi connectivity index (χ3v) is 3.82. The molecule has 2 nitrogen and oxygen atoms in total. The first-order valence-corrected chi connectivity index (χ1v) is 6.66. The number of anilines is 1. The molecule has 0 amide bonds. The fourth-order valence-corrected chi connectivity index (χ4v) is 2.82. The molecule has 1 aliphatic heterocycles. The lowest BCUT2D eigenvalue weighted by Gasteiger charge is -2.17. The van der Waals surface area contributed by atoms with Gasteiger partial charge in [-0.3, -0.25) is 0 Å². The van der Waals surface area contributed by atoms with Crippen molar-refractivity contribution in [2.24, 2.45) is 4.40 Å². The summed E-state index contributed by atoms with van der Waals surface area (Å²) in [5.74, 6) is 0. The van der Waals surface area contributed by atoms with Crippen LogP contribution < -0.4 is 5.32 Å². The topological polar surface area (TPSA) is 24.4 Å². The van der Waals surface area contributed by atoms with Gasteiger partial charge in [0.25, 0.3) is 0 Å². The molecular weight excluding hydrogens is 248 g/mol. The van der Waals surface area contributed by atoms with E-state index in [0.717, 1.165) is 20.8 Å². The lowest BCUT2D eigenvalue weighted by atomic mass is 10.3. The van der Waals surface area contributed by atoms with Gasteiger partial charge in [0.05, 0.1) is 10.6 Å². The summed E-state index contributed by atoms with van der Waals surface area (Å²) in [5.41, 5.74) is 1.05. The molecule has 80 valence electrons. The van der Waals surface area contributed by atoms with Crippen molar-refractivity contribution < 1.29 is 0 Å².